The summed E-state index contributed by atoms with van der Waals surface area (Å²) in [6.07, 6.45) is 0.667. The first kappa shape index (κ1) is 22.7. The lowest BCUT2D eigenvalue weighted by atomic mass is 9.98. The Hall–Kier alpha value is -3.53. The zero-order chi connectivity index (χ0) is 23.8. The second-order valence-electron chi connectivity index (χ2n) is 8.13. The third kappa shape index (κ3) is 4.38. The maximum atomic E-state index is 13.4. The molecule has 2 atom stereocenters. The molecule has 172 valence electrons. The number of amidine groups is 1. The van der Waals surface area contributed by atoms with Crippen molar-refractivity contribution in [2.75, 3.05) is 7.05 Å². The number of aliphatic imine (C=N–C) groups is 1. The van der Waals surface area contributed by atoms with Crippen LogP contribution in [0.4, 0.5) is 0 Å². The number of aromatic amines is 1. The van der Waals surface area contributed by atoms with Gasteiger partial charge in [-0.3, -0.25) is 19.3 Å². The Morgan fingerprint density at radius 3 is 2.61 bits per heavy atom. The van der Waals surface area contributed by atoms with Gasteiger partial charge in [-0.2, -0.15) is 0 Å². The van der Waals surface area contributed by atoms with Gasteiger partial charge in [0.05, 0.1) is 22.3 Å². The molecule has 2 aromatic carbocycles. The van der Waals surface area contributed by atoms with Gasteiger partial charge in [0.25, 0.3) is 15.6 Å². The average Bonchev–Trinajstić information content (AvgIpc) is 3.06. The number of H-pyrrole nitrogens is 1. The monoisotopic (exact) mass is 467 g/mol. The molecule has 33 heavy (non-hydrogen) atoms. The third-order valence-corrected chi connectivity index (χ3v) is 7.19. The Bertz CT molecular complexity index is 1410. The minimum absolute atomic E-state index is 0.0824. The molecular formula is C23H25N5O4S. The Morgan fingerprint density at radius 1 is 1.15 bits per heavy atom. The lowest BCUT2D eigenvalue weighted by Crippen LogP contribution is -2.40. The summed E-state index contributed by atoms with van der Waals surface area (Å²) >= 11 is 0. The highest BCUT2D eigenvalue weighted by Crippen LogP contribution is 2.24. The van der Waals surface area contributed by atoms with Crippen LogP contribution in [0, 0.1) is 5.92 Å². The number of nitrogens with one attached hydrogen (secondary N) is 2. The summed E-state index contributed by atoms with van der Waals surface area (Å²) in [6, 6.07) is 12.7. The number of likely N-dealkylation sites (N-methyl/N-ethyl adjacent to an activating group) is 1. The first-order valence-corrected chi connectivity index (χ1v) is 12.1. The van der Waals surface area contributed by atoms with Crippen molar-refractivity contribution < 1.29 is 13.2 Å². The smallest absolute Gasteiger partial charge is 0.263 e. The van der Waals surface area contributed by atoms with Crippen molar-refractivity contribution in [2.45, 2.75) is 37.8 Å². The first-order chi connectivity index (χ1) is 15.7. The van der Waals surface area contributed by atoms with Crippen LogP contribution < -0.4 is 10.3 Å². The van der Waals surface area contributed by atoms with E-state index in [1.165, 1.54) is 11.0 Å². The lowest BCUT2D eigenvalue weighted by molar-refractivity contribution is -0.133. The zero-order valence-corrected chi connectivity index (χ0v) is 19.4. The normalized spacial score (nSPS) is 17.4. The highest BCUT2D eigenvalue weighted by atomic mass is 32.2. The molecule has 0 aliphatic carbocycles. The predicted octanol–water partition coefficient (Wildman–Crippen LogP) is 2.03. The van der Waals surface area contributed by atoms with Crippen LogP contribution in [0.3, 0.4) is 0 Å². The number of rotatable bonds is 6. The molecular weight excluding hydrogens is 442 g/mol. The van der Waals surface area contributed by atoms with Gasteiger partial charge >= 0.3 is 0 Å². The fourth-order valence-electron chi connectivity index (χ4n) is 3.76. The van der Waals surface area contributed by atoms with Crippen LogP contribution >= 0.6 is 0 Å². The van der Waals surface area contributed by atoms with Gasteiger partial charge in [0.1, 0.15) is 17.7 Å². The van der Waals surface area contributed by atoms with Crippen LogP contribution in [0.25, 0.3) is 10.9 Å². The van der Waals surface area contributed by atoms with Crippen LogP contribution in [-0.2, 0) is 21.4 Å². The van der Waals surface area contributed by atoms with Crippen molar-refractivity contribution in [3.05, 3.63) is 70.3 Å². The number of hydrogen-bond donors (Lipinski definition) is 2. The molecule has 0 unspecified atom stereocenters. The van der Waals surface area contributed by atoms with Crippen molar-refractivity contribution in [1.82, 2.24) is 19.6 Å². The summed E-state index contributed by atoms with van der Waals surface area (Å²) in [5.41, 5.74) is 0.724. The van der Waals surface area contributed by atoms with Crippen molar-refractivity contribution in [3.8, 4) is 0 Å². The molecule has 2 heterocycles. The van der Waals surface area contributed by atoms with E-state index in [0.29, 0.717) is 28.7 Å². The number of sulfonamides is 1. The van der Waals surface area contributed by atoms with E-state index < -0.39 is 16.1 Å². The maximum Gasteiger partial charge on any atom is 0.263 e. The minimum Gasteiger partial charge on any atom is -0.336 e. The van der Waals surface area contributed by atoms with E-state index in [9.17, 15) is 18.0 Å². The van der Waals surface area contributed by atoms with Crippen LogP contribution in [0.2, 0.25) is 0 Å². The fraction of sp³-hybridized carbons (Fsp3) is 0.304. The second kappa shape index (κ2) is 8.78. The van der Waals surface area contributed by atoms with Gasteiger partial charge in [0, 0.05) is 12.6 Å². The van der Waals surface area contributed by atoms with E-state index in [0.717, 1.165) is 0 Å². The molecule has 2 N–H and O–H groups in total. The largest absolute Gasteiger partial charge is 0.336 e. The lowest BCUT2D eigenvalue weighted by Gasteiger charge is -2.25. The van der Waals surface area contributed by atoms with Gasteiger partial charge in [-0.25, -0.2) is 13.4 Å². The Kier molecular flexibility index (Phi) is 6.03. The highest BCUT2D eigenvalue weighted by Gasteiger charge is 2.34. The molecule has 0 spiro atoms. The second-order valence-corrected chi connectivity index (χ2v) is 9.78. The van der Waals surface area contributed by atoms with Crippen molar-refractivity contribution in [2.24, 2.45) is 10.9 Å². The molecule has 1 aliphatic heterocycles. The predicted molar refractivity (Wildman–Crippen MR) is 125 cm³/mol. The number of carbonyl (C=O) groups excluding carboxylic acids is 1. The molecule has 9 nitrogen and oxygen atoms in total. The van der Waals surface area contributed by atoms with Crippen LogP contribution in [0.15, 0.2) is 63.2 Å². The summed E-state index contributed by atoms with van der Waals surface area (Å²) in [7, 11) is -2.10. The van der Waals surface area contributed by atoms with E-state index in [-0.39, 0.29) is 34.7 Å². The van der Waals surface area contributed by atoms with Gasteiger partial charge in [-0.1, -0.05) is 44.5 Å². The number of aromatic nitrogens is 2. The first-order valence-electron chi connectivity index (χ1n) is 10.6. The minimum atomic E-state index is -3.71. The summed E-state index contributed by atoms with van der Waals surface area (Å²) in [6.45, 7) is 3.92. The SMILES string of the molecule is CC[C@H](C)[C@@H](N=C1NS(=O)(=O)c2ccccc21)C(=O)N(C)Cc1nc2ccccc2c(=O)[nH]1. The standard InChI is InChI=1S/C23H25N5O4S/c1-4-14(2)20(26-21-16-10-6-8-12-18(16)33(31,32)27-21)23(30)28(3)13-19-24-17-11-7-5-9-15(17)22(29)25-19/h5-12,14,20H,4,13H2,1-3H3,(H,26,27)(H,24,25,29)/t14-,20+/m0/s1. The third-order valence-electron chi connectivity index (χ3n) is 5.79. The highest BCUT2D eigenvalue weighted by molar-refractivity contribution is 7.90. The Labute approximate surface area is 191 Å². The number of carbonyl (C=O) groups is 1. The Balaban J connectivity index is 1.64. The van der Waals surface area contributed by atoms with Crippen molar-refractivity contribution >= 4 is 32.7 Å². The molecule has 4 rings (SSSR count). The van der Waals surface area contributed by atoms with Crippen molar-refractivity contribution in [3.63, 3.8) is 0 Å². The van der Waals surface area contributed by atoms with Gasteiger partial charge in [0.15, 0.2) is 0 Å². The summed E-state index contributed by atoms with van der Waals surface area (Å²) in [5.74, 6) is 0.0801. The van der Waals surface area contributed by atoms with Gasteiger partial charge < -0.3 is 9.88 Å². The molecule has 1 aliphatic rings. The average molecular weight is 468 g/mol. The van der Waals surface area contributed by atoms with Gasteiger partial charge in [0.2, 0.25) is 5.91 Å². The fourth-order valence-corrected chi connectivity index (χ4v) is 5.00. The van der Waals surface area contributed by atoms with Crippen LogP contribution in [0.1, 0.15) is 31.7 Å². The number of fused-ring (bicyclic) bond motifs is 2. The summed E-state index contributed by atoms with van der Waals surface area (Å²) in [4.78, 5) is 39.1. The number of hydrogen-bond acceptors (Lipinski definition) is 6. The quantitative estimate of drug-likeness (QED) is 0.574. The van der Waals surface area contributed by atoms with Crippen LogP contribution in [0.5, 0.6) is 0 Å². The Morgan fingerprint density at radius 2 is 1.85 bits per heavy atom. The molecule has 1 amide bonds. The molecule has 3 aromatic rings. The van der Waals surface area contributed by atoms with Crippen LogP contribution in [-0.4, -0.2) is 48.1 Å². The van der Waals surface area contributed by atoms with E-state index in [1.54, 1.807) is 49.5 Å². The molecule has 0 radical (unpaired) electrons. The molecule has 0 bridgehead atoms. The molecule has 1 aromatic heterocycles. The van der Waals surface area contributed by atoms with Crippen molar-refractivity contribution in [1.29, 1.82) is 0 Å². The summed E-state index contributed by atoms with van der Waals surface area (Å²) < 4.78 is 27.3. The van der Waals surface area contributed by atoms with Gasteiger partial charge in [-0.15, -0.1) is 0 Å². The number of amides is 1. The molecule has 0 fully saturated rings. The van der Waals surface area contributed by atoms with Gasteiger partial charge in [-0.05, 0) is 30.2 Å². The maximum absolute atomic E-state index is 13.4. The molecule has 0 saturated heterocycles. The number of para-hydroxylation sites is 1. The molecule has 0 saturated carbocycles. The van der Waals surface area contributed by atoms with E-state index in [1.807, 2.05) is 13.8 Å². The van der Waals surface area contributed by atoms with E-state index in [4.69, 9.17) is 0 Å². The van der Waals surface area contributed by atoms with E-state index >= 15 is 0 Å². The topological polar surface area (TPSA) is 125 Å². The number of benzene rings is 2. The van der Waals surface area contributed by atoms with E-state index in [2.05, 4.69) is 19.7 Å². The molecule has 10 heteroatoms. The zero-order valence-electron chi connectivity index (χ0n) is 18.6. The summed E-state index contributed by atoms with van der Waals surface area (Å²) in [5, 5.41) is 0.478. The number of nitrogens with zero attached hydrogens (tertiary/aromatic N) is 3.